The SMILES string of the molecule is CC1=NC(c2ccccc2)CC(O)=C1C(=O)OC(C)(C)C. The number of carbonyl (C=O) groups is 1. The Hall–Kier alpha value is -2.10. The van der Waals surface area contributed by atoms with Gasteiger partial charge in [0.1, 0.15) is 16.9 Å². The molecule has 0 saturated heterocycles. The van der Waals surface area contributed by atoms with Gasteiger partial charge in [-0.25, -0.2) is 4.79 Å². The molecule has 1 unspecified atom stereocenters. The Labute approximate surface area is 125 Å². The predicted molar refractivity (Wildman–Crippen MR) is 82.4 cm³/mol. The van der Waals surface area contributed by atoms with E-state index in [1.807, 2.05) is 30.3 Å². The van der Waals surface area contributed by atoms with E-state index in [1.165, 1.54) is 0 Å². The van der Waals surface area contributed by atoms with Crippen molar-refractivity contribution < 1.29 is 14.6 Å². The van der Waals surface area contributed by atoms with Gasteiger partial charge in [0.2, 0.25) is 0 Å². The Morgan fingerprint density at radius 1 is 1.29 bits per heavy atom. The van der Waals surface area contributed by atoms with Crippen LogP contribution in [0.3, 0.4) is 0 Å². The van der Waals surface area contributed by atoms with Crippen molar-refractivity contribution in [3.8, 4) is 0 Å². The number of rotatable bonds is 2. The highest BCUT2D eigenvalue weighted by atomic mass is 16.6. The van der Waals surface area contributed by atoms with Crippen molar-refractivity contribution in [1.82, 2.24) is 0 Å². The third-order valence-electron chi connectivity index (χ3n) is 3.17. The van der Waals surface area contributed by atoms with Crippen LogP contribution in [-0.4, -0.2) is 22.4 Å². The lowest BCUT2D eigenvalue weighted by Gasteiger charge is -2.25. The number of hydrogen-bond acceptors (Lipinski definition) is 4. The second-order valence-corrected chi connectivity index (χ2v) is 6.17. The second-order valence-electron chi connectivity index (χ2n) is 6.17. The summed E-state index contributed by atoms with van der Waals surface area (Å²) >= 11 is 0. The van der Waals surface area contributed by atoms with Gasteiger partial charge in [-0.15, -0.1) is 0 Å². The average molecular weight is 287 g/mol. The summed E-state index contributed by atoms with van der Waals surface area (Å²) in [6, 6.07) is 9.58. The molecule has 1 heterocycles. The minimum Gasteiger partial charge on any atom is -0.511 e. The first-order valence-electron chi connectivity index (χ1n) is 7.03. The van der Waals surface area contributed by atoms with E-state index in [1.54, 1.807) is 27.7 Å². The Kier molecular flexibility index (Phi) is 4.16. The van der Waals surface area contributed by atoms with E-state index in [-0.39, 0.29) is 17.4 Å². The van der Waals surface area contributed by atoms with Crippen LogP contribution >= 0.6 is 0 Å². The fraction of sp³-hybridized carbons (Fsp3) is 0.412. The topological polar surface area (TPSA) is 58.9 Å². The van der Waals surface area contributed by atoms with E-state index in [9.17, 15) is 9.90 Å². The van der Waals surface area contributed by atoms with Gasteiger partial charge in [0, 0.05) is 6.42 Å². The van der Waals surface area contributed by atoms with E-state index < -0.39 is 11.6 Å². The summed E-state index contributed by atoms with van der Waals surface area (Å²) in [5.41, 5.74) is 1.13. The van der Waals surface area contributed by atoms with Crippen LogP contribution < -0.4 is 0 Å². The van der Waals surface area contributed by atoms with Crippen molar-refractivity contribution in [2.24, 2.45) is 4.99 Å². The minimum absolute atomic E-state index is 0.0469. The zero-order valence-electron chi connectivity index (χ0n) is 12.9. The van der Waals surface area contributed by atoms with Crippen LogP contribution in [0.4, 0.5) is 0 Å². The van der Waals surface area contributed by atoms with Gasteiger partial charge in [-0.1, -0.05) is 30.3 Å². The van der Waals surface area contributed by atoms with Crippen LogP contribution in [0, 0.1) is 0 Å². The molecular formula is C17H21NO3. The van der Waals surface area contributed by atoms with Crippen LogP contribution in [-0.2, 0) is 9.53 Å². The van der Waals surface area contributed by atoms with Crippen molar-refractivity contribution in [3.05, 3.63) is 47.2 Å². The summed E-state index contributed by atoms with van der Waals surface area (Å²) in [7, 11) is 0. The summed E-state index contributed by atoms with van der Waals surface area (Å²) in [6.45, 7) is 7.12. The second kappa shape index (κ2) is 5.72. The number of aliphatic hydroxyl groups is 1. The number of aliphatic hydroxyl groups excluding tert-OH is 1. The number of aliphatic imine (C=N–C) groups is 1. The van der Waals surface area contributed by atoms with Gasteiger partial charge in [-0.05, 0) is 33.3 Å². The number of dihydropyridines is 1. The van der Waals surface area contributed by atoms with Gasteiger partial charge in [-0.2, -0.15) is 0 Å². The number of nitrogens with zero attached hydrogens (tertiary/aromatic N) is 1. The minimum atomic E-state index is -0.596. The molecule has 0 radical (unpaired) electrons. The zero-order chi connectivity index (χ0) is 15.6. The molecule has 1 atom stereocenters. The lowest BCUT2D eigenvalue weighted by molar-refractivity contribution is -0.149. The molecule has 1 aromatic rings. The Balaban J connectivity index is 2.24. The number of ether oxygens (including phenoxy) is 1. The Morgan fingerprint density at radius 3 is 2.43 bits per heavy atom. The van der Waals surface area contributed by atoms with Crippen LogP contribution in [0.25, 0.3) is 0 Å². The molecule has 0 spiro atoms. The quantitative estimate of drug-likeness (QED) is 0.843. The van der Waals surface area contributed by atoms with Gasteiger partial charge in [-0.3, -0.25) is 4.99 Å². The molecular weight excluding hydrogens is 266 g/mol. The molecule has 0 bridgehead atoms. The maximum Gasteiger partial charge on any atom is 0.343 e. The number of esters is 1. The van der Waals surface area contributed by atoms with Crippen molar-refractivity contribution in [3.63, 3.8) is 0 Å². The molecule has 1 aliphatic rings. The van der Waals surface area contributed by atoms with Crippen molar-refractivity contribution in [1.29, 1.82) is 0 Å². The molecule has 0 amide bonds. The van der Waals surface area contributed by atoms with Crippen LogP contribution in [0.2, 0.25) is 0 Å². The van der Waals surface area contributed by atoms with Crippen molar-refractivity contribution in [2.45, 2.75) is 45.8 Å². The summed E-state index contributed by atoms with van der Waals surface area (Å²) < 4.78 is 5.32. The molecule has 0 fully saturated rings. The highest BCUT2D eigenvalue weighted by Gasteiger charge is 2.30. The predicted octanol–water partition coefficient (Wildman–Crippen LogP) is 3.75. The molecule has 1 aromatic carbocycles. The third kappa shape index (κ3) is 3.72. The Morgan fingerprint density at radius 2 is 1.90 bits per heavy atom. The maximum atomic E-state index is 12.2. The first kappa shape index (κ1) is 15.3. The van der Waals surface area contributed by atoms with E-state index >= 15 is 0 Å². The number of benzene rings is 1. The monoisotopic (exact) mass is 287 g/mol. The van der Waals surface area contributed by atoms with Crippen LogP contribution in [0.5, 0.6) is 0 Å². The highest BCUT2D eigenvalue weighted by molar-refractivity contribution is 6.19. The molecule has 0 saturated carbocycles. The van der Waals surface area contributed by atoms with Gasteiger partial charge < -0.3 is 9.84 Å². The highest BCUT2D eigenvalue weighted by Crippen LogP contribution is 2.31. The Bertz CT molecular complexity index is 594. The van der Waals surface area contributed by atoms with Gasteiger partial charge in [0.25, 0.3) is 0 Å². The normalized spacial score (nSPS) is 19.2. The first-order valence-corrected chi connectivity index (χ1v) is 7.03. The van der Waals surface area contributed by atoms with Crippen LogP contribution in [0.1, 0.15) is 45.7 Å². The van der Waals surface area contributed by atoms with Crippen molar-refractivity contribution in [2.75, 3.05) is 0 Å². The van der Waals surface area contributed by atoms with Gasteiger partial charge in [0.05, 0.1) is 11.8 Å². The lowest BCUT2D eigenvalue weighted by Crippen LogP contribution is -2.29. The summed E-state index contributed by atoms with van der Waals surface area (Å²) in [5.74, 6) is -0.474. The molecule has 112 valence electrons. The smallest absolute Gasteiger partial charge is 0.343 e. The van der Waals surface area contributed by atoms with E-state index in [4.69, 9.17) is 4.74 Å². The summed E-state index contributed by atoms with van der Waals surface area (Å²) in [4.78, 5) is 16.7. The van der Waals surface area contributed by atoms with Crippen LogP contribution in [0.15, 0.2) is 46.7 Å². The van der Waals surface area contributed by atoms with E-state index in [0.717, 1.165) is 5.56 Å². The molecule has 1 N–H and O–H groups in total. The summed E-state index contributed by atoms with van der Waals surface area (Å²) in [5, 5.41) is 10.2. The molecule has 4 nitrogen and oxygen atoms in total. The standard InChI is InChI=1S/C17H21NO3/c1-11-15(16(20)21-17(2,3)4)14(19)10-13(18-11)12-8-6-5-7-9-12/h5-9,13,19H,10H2,1-4H3. The fourth-order valence-corrected chi connectivity index (χ4v) is 2.30. The molecule has 1 aliphatic heterocycles. The average Bonchev–Trinajstić information content (AvgIpc) is 2.36. The van der Waals surface area contributed by atoms with Gasteiger partial charge >= 0.3 is 5.97 Å². The summed E-state index contributed by atoms with van der Waals surface area (Å²) in [6.07, 6.45) is 0.315. The number of hydrogen-bond donors (Lipinski definition) is 1. The van der Waals surface area contributed by atoms with E-state index in [2.05, 4.69) is 4.99 Å². The molecule has 4 heteroatoms. The maximum absolute atomic E-state index is 12.2. The molecule has 2 rings (SSSR count). The zero-order valence-corrected chi connectivity index (χ0v) is 12.9. The van der Waals surface area contributed by atoms with E-state index in [0.29, 0.717) is 12.1 Å². The van der Waals surface area contributed by atoms with Crippen molar-refractivity contribution >= 4 is 11.7 Å². The third-order valence-corrected chi connectivity index (χ3v) is 3.17. The molecule has 21 heavy (non-hydrogen) atoms. The largest absolute Gasteiger partial charge is 0.511 e. The van der Waals surface area contributed by atoms with Gasteiger partial charge in [0.15, 0.2) is 0 Å². The molecule has 0 aromatic heterocycles. The lowest BCUT2D eigenvalue weighted by atomic mass is 9.96. The molecule has 0 aliphatic carbocycles. The number of carbonyl (C=O) groups excluding carboxylic acids is 1. The fourth-order valence-electron chi connectivity index (χ4n) is 2.30. The first-order chi connectivity index (χ1) is 9.78.